The van der Waals surface area contributed by atoms with E-state index in [9.17, 15) is 9.59 Å². The van der Waals surface area contributed by atoms with Crippen molar-refractivity contribution < 1.29 is 23.8 Å². The Labute approximate surface area is 260 Å². The first-order valence-electron chi connectivity index (χ1n) is 15.5. The van der Waals surface area contributed by atoms with Gasteiger partial charge < -0.3 is 24.0 Å². The predicted octanol–water partition coefficient (Wildman–Crippen LogP) is 6.55. The van der Waals surface area contributed by atoms with E-state index in [0.29, 0.717) is 32.2 Å². The van der Waals surface area contributed by atoms with Gasteiger partial charge in [-0.1, -0.05) is 23.8 Å². The molecule has 2 aliphatic heterocycles. The molecule has 2 atom stereocenters. The van der Waals surface area contributed by atoms with E-state index in [0.717, 1.165) is 58.9 Å². The lowest BCUT2D eigenvalue weighted by molar-refractivity contribution is -0.146. The average molecular weight is 598 g/mol. The number of hydrogen-bond donors (Lipinski definition) is 0. The van der Waals surface area contributed by atoms with Gasteiger partial charge in [-0.25, -0.2) is 9.78 Å². The van der Waals surface area contributed by atoms with Crippen LogP contribution in [0.1, 0.15) is 60.6 Å². The summed E-state index contributed by atoms with van der Waals surface area (Å²) in [6.07, 6.45) is 1.42. The third-order valence-corrected chi connectivity index (χ3v) is 9.39. The molecule has 1 saturated heterocycles. The molecule has 0 spiro atoms. The lowest BCUT2D eigenvalue weighted by Gasteiger charge is -2.33. The molecule has 0 unspecified atom stereocenters. The summed E-state index contributed by atoms with van der Waals surface area (Å²) >= 11 is 0. The molecule has 0 radical (unpaired) electrons. The largest absolute Gasteiger partial charge is 0.488 e. The standard InChI is InChI=1S/C36H43N3O5/c1-22-11-12-31(28(15-22)30-9-8-10-32(37-30)39-18-26-17-36(26,21-39)33(40)42-7)43-20-25-16-23(2)29-19-38(14-13-27(29)24(25)3)34(41)44-35(4,5)6/h8-12,15-16,26H,13-14,17-21H2,1-7H3/t26-,36-/m0/s1. The molecule has 6 rings (SSSR count). The third kappa shape index (κ3) is 5.62. The van der Waals surface area contributed by atoms with Crippen molar-refractivity contribution in [3.05, 3.63) is 75.8 Å². The van der Waals surface area contributed by atoms with Crippen molar-refractivity contribution in [1.82, 2.24) is 9.88 Å². The molecule has 1 saturated carbocycles. The van der Waals surface area contributed by atoms with E-state index in [-0.39, 0.29) is 17.5 Å². The molecule has 232 valence electrons. The summed E-state index contributed by atoms with van der Waals surface area (Å²) in [7, 11) is 1.47. The fourth-order valence-electron chi connectivity index (χ4n) is 6.87. The molecular weight excluding hydrogens is 554 g/mol. The normalized spacial score (nSPS) is 20.6. The van der Waals surface area contributed by atoms with Crippen LogP contribution in [0, 0.1) is 32.1 Å². The van der Waals surface area contributed by atoms with Gasteiger partial charge in [0.05, 0.1) is 18.2 Å². The number of piperidine rings is 1. The van der Waals surface area contributed by atoms with Crippen LogP contribution in [0.5, 0.6) is 5.75 Å². The van der Waals surface area contributed by atoms with Crippen molar-refractivity contribution in [3.8, 4) is 17.0 Å². The number of aryl methyl sites for hydroxylation is 2. The van der Waals surface area contributed by atoms with Crippen LogP contribution in [0.3, 0.4) is 0 Å². The number of ether oxygens (including phenoxy) is 3. The van der Waals surface area contributed by atoms with Gasteiger partial charge >= 0.3 is 12.1 Å². The lowest BCUT2D eigenvalue weighted by atomic mass is 9.88. The van der Waals surface area contributed by atoms with Crippen LogP contribution < -0.4 is 9.64 Å². The fourth-order valence-corrected chi connectivity index (χ4v) is 6.87. The highest BCUT2D eigenvalue weighted by Gasteiger charge is 2.66. The number of anilines is 1. The smallest absolute Gasteiger partial charge is 0.410 e. The quantitative estimate of drug-likeness (QED) is 0.298. The summed E-state index contributed by atoms with van der Waals surface area (Å²) in [5, 5.41) is 0. The number of carbonyl (C=O) groups excluding carboxylic acids is 2. The topological polar surface area (TPSA) is 81.2 Å². The summed E-state index contributed by atoms with van der Waals surface area (Å²) < 4.78 is 17.3. The first-order valence-corrected chi connectivity index (χ1v) is 15.5. The van der Waals surface area contributed by atoms with Gasteiger partial charge in [0.2, 0.25) is 0 Å². The molecule has 3 heterocycles. The Morgan fingerprint density at radius 3 is 2.61 bits per heavy atom. The number of aromatic nitrogens is 1. The second-order valence-corrected chi connectivity index (χ2v) is 13.7. The molecule has 1 amide bonds. The first kappa shape index (κ1) is 30.0. The monoisotopic (exact) mass is 597 g/mol. The number of esters is 1. The second kappa shape index (κ2) is 11.1. The Bertz CT molecular complexity index is 1630. The maximum atomic E-state index is 12.7. The van der Waals surface area contributed by atoms with E-state index in [1.807, 2.05) is 45.0 Å². The van der Waals surface area contributed by atoms with Crippen LogP contribution in [-0.4, -0.2) is 54.3 Å². The maximum Gasteiger partial charge on any atom is 0.410 e. The molecule has 0 bridgehead atoms. The van der Waals surface area contributed by atoms with Crippen molar-refractivity contribution in [2.45, 2.75) is 73.1 Å². The predicted molar refractivity (Wildman–Crippen MR) is 170 cm³/mol. The van der Waals surface area contributed by atoms with Crippen molar-refractivity contribution in [2.24, 2.45) is 11.3 Å². The molecule has 3 aromatic rings. The van der Waals surface area contributed by atoms with Gasteiger partial charge in [0.25, 0.3) is 0 Å². The Hall–Kier alpha value is -4.07. The zero-order valence-electron chi connectivity index (χ0n) is 27.0. The highest BCUT2D eigenvalue weighted by atomic mass is 16.6. The van der Waals surface area contributed by atoms with E-state index in [2.05, 4.69) is 43.9 Å². The number of pyridine rings is 1. The van der Waals surface area contributed by atoms with E-state index < -0.39 is 5.60 Å². The van der Waals surface area contributed by atoms with Crippen LogP contribution in [-0.2, 0) is 33.8 Å². The van der Waals surface area contributed by atoms with Crippen LogP contribution in [0.4, 0.5) is 10.6 Å². The summed E-state index contributed by atoms with van der Waals surface area (Å²) in [6.45, 7) is 15.1. The summed E-state index contributed by atoms with van der Waals surface area (Å²) in [6, 6.07) is 14.4. The highest BCUT2D eigenvalue weighted by Crippen LogP contribution is 2.59. The Morgan fingerprint density at radius 1 is 1.07 bits per heavy atom. The number of carbonyl (C=O) groups is 2. The molecule has 1 aliphatic carbocycles. The fraction of sp³-hybridized carbons (Fsp3) is 0.472. The van der Waals surface area contributed by atoms with E-state index in [1.54, 1.807) is 4.90 Å². The zero-order valence-corrected chi connectivity index (χ0v) is 27.0. The van der Waals surface area contributed by atoms with Gasteiger partial charge in [0.15, 0.2) is 0 Å². The second-order valence-electron chi connectivity index (χ2n) is 13.7. The summed E-state index contributed by atoms with van der Waals surface area (Å²) in [4.78, 5) is 34.2. The minimum atomic E-state index is -0.517. The van der Waals surface area contributed by atoms with Gasteiger partial charge in [0, 0.05) is 31.7 Å². The molecule has 44 heavy (non-hydrogen) atoms. The number of fused-ring (bicyclic) bond motifs is 2. The average Bonchev–Trinajstić information content (AvgIpc) is 3.57. The third-order valence-electron chi connectivity index (χ3n) is 9.39. The van der Waals surface area contributed by atoms with Crippen LogP contribution in [0.25, 0.3) is 11.3 Å². The number of rotatable bonds is 6. The Kier molecular flexibility index (Phi) is 7.58. The molecule has 8 heteroatoms. The lowest BCUT2D eigenvalue weighted by Crippen LogP contribution is -2.40. The van der Waals surface area contributed by atoms with Crippen molar-refractivity contribution >= 4 is 17.9 Å². The molecule has 8 nitrogen and oxygen atoms in total. The van der Waals surface area contributed by atoms with Gasteiger partial charge in [-0.15, -0.1) is 0 Å². The highest BCUT2D eigenvalue weighted by molar-refractivity contribution is 5.83. The first-order chi connectivity index (χ1) is 20.9. The Morgan fingerprint density at radius 2 is 1.86 bits per heavy atom. The minimum Gasteiger partial charge on any atom is -0.488 e. The molecule has 2 aromatic carbocycles. The Balaban J connectivity index is 1.20. The van der Waals surface area contributed by atoms with Crippen molar-refractivity contribution in [2.75, 3.05) is 31.6 Å². The van der Waals surface area contributed by atoms with Crippen LogP contribution in [0.15, 0.2) is 42.5 Å². The number of hydrogen-bond acceptors (Lipinski definition) is 7. The zero-order chi connectivity index (χ0) is 31.4. The molecular formula is C36H43N3O5. The van der Waals surface area contributed by atoms with Crippen molar-refractivity contribution in [1.29, 1.82) is 0 Å². The van der Waals surface area contributed by atoms with Crippen LogP contribution in [0.2, 0.25) is 0 Å². The van der Waals surface area contributed by atoms with E-state index >= 15 is 0 Å². The SMILES string of the molecule is COC(=O)[C@]12C[C@H]1CN(c1cccc(-c3cc(C)ccc3OCc3cc(C)c4c(c3C)CCN(C(=O)OC(C)(C)C)C4)n1)C2. The van der Waals surface area contributed by atoms with E-state index in [1.165, 1.54) is 23.8 Å². The van der Waals surface area contributed by atoms with Gasteiger partial charge in [-0.05, 0) is 112 Å². The molecule has 3 aliphatic rings. The maximum absolute atomic E-state index is 12.7. The van der Waals surface area contributed by atoms with Crippen LogP contribution >= 0.6 is 0 Å². The van der Waals surface area contributed by atoms with Gasteiger partial charge in [-0.3, -0.25) is 4.79 Å². The van der Waals surface area contributed by atoms with E-state index in [4.69, 9.17) is 19.2 Å². The summed E-state index contributed by atoms with van der Waals surface area (Å²) in [5.74, 6) is 1.87. The van der Waals surface area contributed by atoms with Gasteiger partial charge in [0.1, 0.15) is 23.8 Å². The molecule has 0 N–H and O–H groups in total. The number of benzene rings is 2. The van der Waals surface area contributed by atoms with Gasteiger partial charge in [-0.2, -0.15) is 0 Å². The number of amides is 1. The molecule has 2 fully saturated rings. The van der Waals surface area contributed by atoms with Crippen molar-refractivity contribution in [3.63, 3.8) is 0 Å². The molecule has 1 aromatic heterocycles. The number of nitrogens with zero attached hydrogens (tertiary/aromatic N) is 3. The number of methoxy groups -OCH3 is 1. The summed E-state index contributed by atoms with van der Waals surface area (Å²) in [5.41, 5.74) is 8.05. The minimum absolute atomic E-state index is 0.108.